The molecule has 2 aromatic rings. The number of carboxylic acid groups (broad SMARTS) is 1. The summed E-state index contributed by atoms with van der Waals surface area (Å²) >= 11 is 0. The predicted molar refractivity (Wildman–Crippen MR) is 87.1 cm³/mol. The summed E-state index contributed by atoms with van der Waals surface area (Å²) in [6.07, 6.45) is 2.47. The van der Waals surface area contributed by atoms with Gasteiger partial charge in [0.1, 0.15) is 5.75 Å². The molecule has 0 bridgehead atoms. The fourth-order valence-electron chi connectivity index (χ4n) is 2.90. The number of pyridine rings is 1. The second-order valence-corrected chi connectivity index (χ2v) is 5.86. The van der Waals surface area contributed by atoms with Gasteiger partial charge in [-0.1, -0.05) is 23.8 Å². The Hall–Kier alpha value is -2.56. The van der Waals surface area contributed by atoms with Crippen molar-refractivity contribution >= 4 is 6.09 Å². The van der Waals surface area contributed by atoms with E-state index in [4.69, 9.17) is 9.84 Å². The average Bonchev–Trinajstić information content (AvgIpc) is 2.57. The second-order valence-electron chi connectivity index (χ2n) is 5.86. The standard InChI is InChI=1S/C18H20N2O3/c1-13-4-6-15(7-5-13)23-17-16(3-2-10-19-17)14-8-11-20(12-9-14)18(21)22/h2-7,10,14H,8-9,11-12H2,1H3,(H,21,22). The summed E-state index contributed by atoms with van der Waals surface area (Å²) in [6, 6.07) is 11.8. The summed E-state index contributed by atoms with van der Waals surface area (Å²) in [6.45, 7) is 3.14. The minimum absolute atomic E-state index is 0.278. The molecule has 1 aromatic carbocycles. The third-order valence-electron chi connectivity index (χ3n) is 4.24. The molecule has 2 heterocycles. The largest absolute Gasteiger partial charge is 0.465 e. The van der Waals surface area contributed by atoms with Crippen LogP contribution in [0.2, 0.25) is 0 Å². The maximum atomic E-state index is 11.0. The number of carbonyl (C=O) groups is 1. The number of rotatable bonds is 3. The number of likely N-dealkylation sites (tertiary alicyclic amines) is 1. The van der Waals surface area contributed by atoms with E-state index in [1.54, 1.807) is 6.20 Å². The minimum Gasteiger partial charge on any atom is -0.465 e. The van der Waals surface area contributed by atoms with E-state index in [9.17, 15) is 4.79 Å². The fourth-order valence-corrected chi connectivity index (χ4v) is 2.90. The van der Waals surface area contributed by atoms with Crippen LogP contribution in [0.5, 0.6) is 11.6 Å². The van der Waals surface area contributed by atoms with Gasteiger partial charge in [0.15, 0.2) is 0 Å². The molecule has 1 fully saturated rings. The van der Waals surface area contributed by atoms with Crippen molar-refractivity contribution in [2.75, 3.05) is 13.1 Å². The Morgan fingerprint density at radius 1 is 1.22 bits per heavy atom. The van der Waals surface area contributed by atoms with Crippen molar-refractivity contribution < 1.29 is 14.6 Å². The van der Waals surface area contributed by atoms with Crippen LogP contribution in [-0.4, -0.2) is 34.2 Å². The number of ether oxygens (including phenoxy) is 1. The molecular weight excluding hydrogens is 292 g/mol. The van der Waals surface area contributed by atoms with Gasteiger partial charge >= 0.3 is 6.09 Å². The van der Waals surface area contributed by atoms with Gasteiger partial charge in [0.2, 0.25) is 5.88 Å². The molecule has 0 spiro atoms. The number of nitrogens with zero attached hydrogens (tertiary/aromatic N) is 2. The monoisotopic (exact) mass is 312 g/mol. The van der Waals surface area contributed by atoms with Crippen molar-refractivity contribution in [3.05, 3.63) is 53.7 Å². The first-order chi connectivity index (χ1) is 11.1. The number of benzene rings is 1. The highest BCUT2D eigenvalue weighted by Gasteiger charge is 2.25. The molecule has 0 aliphatic carbocycles. The Bertz CT molecular complexity index is 677. The van der Waals surface area contributed by atoms with E-state index >= 15 is 0 Å². The van der Waals surface area contributed by atoms with Gasteiger partial charge in [-0.25, -0.2) is 9.78 Å². The van der Waals surface area contributed by atoms with E-state index < -0.39 is 6.09 Å². The molecule has 0 unspecified atom stereocenters. The molecule has 1 amide bonds. The second kappa shape index (κ2) is 6.69. The highest BCUT2D eigenvalue weighted by atomic mass is 16.5. The van der Waals surface area contributed by atoms with Crippen molar-refractivity contribution in [3.63, 3.8) is 0 Å². The molecule has 1 aliphatic rings. The van der Waals surface area contributed by atoms with Crippen LogP contribution in [0.25, 0.3) is 0 Å². The van der Waals surface area contributed by atoms with E-state index in [2.05, 4.69) is 4.98 Å². The first-order valence-corrected chi connectivity index (χ1v) is 7.81. The maximum absolute atomic E-state index is 11.0. The average molecular weight is 312 g/mol. The first kappa shape index (κ1) is 15.3. The van der Waals surface area contributed by atoms with Gasteiger partial charge in [0.05, 0.1) is 0 Å². The third-order valence-corrected chi connectivity index (χ3v) is 4.24. The quantitative estimate of drug-likeness (QED) is 0.929. The van der Waals surface area contributed by atoms with Gasteiger partial charge in [0.25, 0.3) is 0 Å². The van der Waals surface area contributed by atoms with Crippen LogP contribution in [0, 0.1) is 6.92 Å². The normalized spacial score (nSPS) is 15.4. The number of amides is 1. The smallest absolute Gasteiger partial charge is 0.407 e. The Balaban J connectivity index is 1.76. The zero-order valence-electron chi connectivity index (χ0n) is 13.1. The van der Waals surface area contributed by atoms with Crippen molar-refractivity contribution in [3.8, 4) is 11.6 Å². The molecule has 0 saturated carbocycles. The molecule has 0 radical (unpaired) electrons. The van der Waals surface area contributed by atoms with Gasteiger partial charge in [-0.15, -0.1) is 0 Å². The van der Waals surface area contributed by atoms with Gasteiger partial charge in [-0.3, -0.25) is 0 Å². The van der Waals surface area contributed by atoms with Crippen molar-refractivity contribution in [1.82, 2.24) is 9.88 Å². The number of aryl methyl sites for hydroxylation is 1. The minimum atomic E-state index is -0.842. The molecular formula is C18H20N2O3. The highest BCUT2D eigenvalue weighted by Crippen LogP contribution is 2.34. The van der Waals surface area contributed by atoms with Gasteiger partial charge in [-0.05, 0) is 43.9 Å². The van der Waals surface area contributed by atoms with E-state index in [1.165, 1.54) is 10.5 Å². The maximum Gasteiger partial charge on any atom is 0.407 e. The molecule has 23 heavy (non-hydrogen) atoms. The zero-order chi connectivity index (χ0) is 16.2. The Morgan fingerprint density at radius 3 is 2.57 bits per heavy atom. The molecule has 1 aromatic heterocycles. The molecule has 3 rings (SSSR count). The molecule has 1 aliphatic heterocycles. The van der Waals surface area contributed by atoms with Crippen molar-refractivity contribution in [2.24, 2.45) is 0 Å². The number of hydrogen-bond donors (Lipinski definition) is 1. The number of piperidine rings is 1. The summed E-state index contributed by atoms with van der Waals surface area (Å²) in [5, 5.41) is 9.06. The zero-order valence-corrected chi connectivity index (χ0v) is 13.1. The topological polar surface area (TPSA) is 62.7 Å². The third kappa shape index (κ3) is 3.62. The Kier molecular flexibility index (Phi) is 4.46. The summed E-state index contributed by atoms with van der Waals surface area (Å²) < 4.78 is 5.95. The SMILES string of the molecule is Cc1ccc(Oc2ncccc2C2CCN(C(=O)O)CC2)cc1. The fraction of sp³-hybridized carbons (Fsp3) is 0.333. The Labute approximate surface area is 135 Å². The molecule has 120 valence electrons. The summed E-state index contributed by atoms with van der Waals surface area (Å²) in [5.74, 6) is 1.66. The van der Waals surface area contributed by atoms with Crippen LogP contribution in [0.4, 0.5) is 4.79 Å². The molecule has 5 heteroatoms. The van der Waals surface area contributed by atoms with Crippen LogP contribution >= 0.6 is 0 Å². The van der Waals surface area contributed by atoms with E-state index in [0.29, 0.717) is 19.0 Å². The first-order valence-electron chi connectivity index (χ1n) is 7.81. The van der Waals surface area contributed by atoms with Crippen molar-refractivity contribution in [2.45, 2.75) is 25.7 Å². The van der Waals surface area contributed by atoms with Gasteiger partial charge < -0.3 is 14.7 Å². The molecule has 1 saturated heterocycles. The highest BCUT2D eigenvalue weighted by molar-refractivity contribution is 5.65. The lowest BCUT2D eigenvalue weighted by Crippen LogP contribution is -2.36. The van der Waals surface area contributed by atoms with Gasteiger partial charge in [0, 0.05) is 24.8 Å². The molecule has 0 atom stereocenters. The lowest BCUT2D eigenvalue weighted by molar-refractivity contribution is 0.132. The van der Waals surface area contributed by atoms with Crippen molar-refractivity contribution in [1.29, 1.82) is 0 Å². The summed E-state index contributed by atoms with van der Waals surface area (Å²) in [4.78, 5) is 16.9. The molecule has 1 N–H and O–H groups in total. The van der Waals surface area contributed by atoms with E-state index in [0.717, 1.165) is 24.2 Å². The van der Waals surface area contributed by atoms with Crippen LogP contribution in [0.3, 0.4) is 0 Å². The van der Waals surface area contributed by atoms with Crippen LogP contribution in [0.1, 0.15) is 29.9 Å². The van der Waals surface area contributed by atoms with Gasteiger partial charge in [-0.2, -0.15) is 0 Å². The number of hydrogen-bond acceptors (Lipinski definition) is 3. The lowest BCUT2D eigenvalue weighted by atomic mass is 9.90. The van der Waals surface area contributed by atoms with Crippen LogP contribution < -0.4 is 4.74 Å². The molecule has 5 nitrogen and oxygen atoms in total. The van der Waals surface area contributed by atoms with E-state index in [-0.39, 0.29) is 5.92 Å². The summed E-state index contributed by atoms with van der Waals surface area (Å²) in [5.41, 5.74) is 2.23. The van der Waals surface area contributed by atoms with E-state index in [1.807, 2.05) is 43.3 Å². The lowest BCUT2D eigenvalue weighted by Gasteiger charge is -2.30. The Morgan fingerprint density at radius 2 is 1.91 bits per heavy atom. The van der Waals surface area contributed by atoms with Crippen LogP contribution in [-0.2, 0) is 0 Å². The summed E-state index contributed by atoms with van der Waals surface area (Å²) in [7, 11) is 0. The van der Waals surface area contributed by atoms with Crippen LogP contribution in [0.15, 0.2) is 42.6 Å². The predicted octanol–water partition coefficient (Wildman–Crippen LogP) is 4.04. The number of aromatic nitrogens is 1.